The lowest BCUT2D eigenvalue weighted by Gasteiger charge is -2.20. The van der Waals surface area contributed by atoms with Gasteiger partial charge in [-0.1, -0.05) is 89.7 Å². The van der Waals surface area contributed by atoms with Gasteiger partial charge in [0, 0.05) is 19.0 Å². The van der Waals surface area contributed by atoms with Crippen LogP contribution in [-0.2, 0) is 4.79 Å². The number of benzene rings is 1. The number of unbranched alkanes of at least 4 members (excludes halogenated alkanes) is 13. The highest BCUT2D eigenvalue weighted by Crippen LogP contribution is 2.17. The molecule has 43 heavy (non-hydrogen) atoms. The number of nitro groups is 1. The van der Waals surface area contributed by atoms with E-state index in [-0.39, 0.29) is 18.2 Å². The van der Waals surface area contributed by atoms with Crippen molar-refractivity contribution in [1.82, 2.24) is 5.32 Å². The van der Waals surface area contributed by atoms with E-state index in [2.05, 4.69) is 27.5 Å². The van der Waals surface area contributed by atoms with Crippen LogP contribution in [0, 0.1) is 10.1 Å². The fourth-order valence-electron chi connectivity index (χ4n) is 5.28. The number of hydrogen-bond acceptors (Lipinski definition) is 8. The van der Waals surface area contributed by atoms with Crippen LogP contribution in [0.15, 0.2) is 34.3 Å². The lowest BCUT2D eigenvalue weighted by atomic mass is 10.0. The molecule has 1 amide bonds. The lowest BCUT2D eigenvalue weighted by Crippen LogP contribution is -2.45. The van der Waals surface area contributed by atoms with Crippen molar-refractivity contribution in [3.63, 3.8) is 0 Å². The number of carbonyl (C=O) groups is 1. The summed E-state index contributed by atoms with van der Waals surface area (Å²) in [5.74, 6) is -0.194. The zero-order valence-corrected chi connectivity index (χ0v) is 26.7. The Kier molecular flexibility index (Phi) is 17.0. The van der Waals surface area contributed by atoms with Gasteiger partial charge in [0.25, 0.3) is 5.69 Å². The summed E-state index contributed by atoms with van der Waals surface area (Å²) < 4.78 is 0. The van der Waals surface area contributed by atoms with Gasteiger partial charge in [0.15, 0.2) is 5.36 Å². The Bertz CT molecular complexity index is 1140. The smallest absolute Gasteiger partial charge is 0.296 e. The number of allylic oxidation sites excluding steroid dienone is 1. The van der Waals surface area contributed by atoms with Crippen molar-refractivity contribution < 1.29 is 19.9 Å². The van der Waals surface area contributed by atoms with Crippen LogP contribution in [0.1, 0.15) is 124 Å². The highest BCUT2D eigenvalue weighted by atomic mass is 16.6. The third kappa shape index (κ3) is 14.0. The molecule has 0 aliphatic carbocycles. The molecule has 2 atom stereocenters. The lowest BCUT2D eigenvalue weighted by molar-refractivity contribution is -0.386. The van der Waals surface area contributed by atoms with Gasteiger partial charge < -0.3 is 20.8 Å². The molecule has 10 heteroatoms. The van der Waals surface area contributed by atoms with Gasteiger partial charge in [0.05, 0.1) is 29.4 Å². The van der Waals surface area contributed by atoms with Gasteiger partial charge in [-0.05, 0) is 45.6 Å². The zero-order chi connectivity index (χ0) is 31.5. The summed E-state index contributed by atoms with van der Waals surface area (Å²) in [6.45, 7) is 6.17. The maximum absolute atomic E-state index is 12.4. The van der Waals surface area contributed by atoms with E-state index < -0.39 is 22.7 Å². The van der Waals surface area contributed by atoms with Crippen molar-refractivity contribution in [2.24, 2.45) is 9.98 Å². The van der Waals surface area contributed by atoms with E-state index in [9.17, 15) is 25.1 Å². The summed E-state index contributed by atoms with van der Waals surface area (Å²) in [6, 6.07) is 2.40. The molecule has 1 heterocycles. The molecule has 1 aromatic carbocycles. The van der Waals surface area contributed by atoms with Gasteiger partial charge in [-0.15, -0.1) is 0 Å². The third-order valence-corrected chi connectivity index (χ3v) is 7.76. The Hall–Kier alpha value is -2.85. The van der Waals surface area contributed by atoms with Crippen molar-refractivity contribution in [1.29, 1.82) is 0 Å². The number of anilines is 1. The van der Waals surface area contributed by atoms with Crippen LogP contribution in [0.5, 0.6) is 0 Å². The molecule has 1 aromatic rings. The minimum atomic E-state index is -0.920. The molecule has 0 fully saturated rings. The topological polar surface area (TPSA) is 149 Å². The molecular formula is C33H55N5O5. The largest absolute Gasteiger partial charge is 0.394 e. The predicted molar refractivity (Wildman–Crippen MR) is 172 cm³/mol. The van der Waals surface area contributed by atoms with Crippen LogP contribution >= 0.6 is 0 Å². The van der Waals surface area contributed by atoms with Crippen LogP contribution in [-0.4, -0.2) is 52.0 Å². The predicted octanol–water partition coefficient (Wildman–Crippen LogP) is 5.65. The van der Waals surface area contributed by atoms with E-state index in [0.29, 0.717) is 35.8 Å². The summed E-state index contributed by atoms with van der Waals surface area (Å²) >= 11 is 0. The zero-order valence-electron chi connectivity index (χ0n) is 26.7. The van der Waals surface area contributed by atoms with Crippen molar-refractivity contribution in [2.75, 3.05) is 18.5 Å². The first kappa shape index (κ1) is 36.3. The first-order chi connectivity index (χ1) is 20.7. The van der Waals surface area contributed by atoms with Gasteiger partial charge in [0.1, 0.15) is 11.0 Å². The molecule has 10 nitrogen and oxygen atoms in total. The van der Waals surface area contributed by atoms with Crippen LogP contribution < -0.4 is 21.3 Å². The Morgan fingerprint density at radius 1 is 0.953 bits per heavy atom. The highest BCUT2D eigenvalue weighted by Gasteiger charge is 2.25. The van der Waals surface area contributed by atoms with Crippen molar-refractivity contribution in [2.45, 2.75) is 141 Å². The number of amides is 1. The molecule has 0 bridgehead atoms. The fraction of sp³-hybridized carbons (Fsp3) is 0.727. The van der Waals surface area contributed by atoms with Gasteiger partial charge in [0.2, 0.25) is 5.91 Å². The van der Waals surface area contributed by atoms with E-state index >= 15 is 0 Å². The van der Waals surface area contributed by atoms with Gasteiger partial charge in [-0.25, -0.2) is 4.99 Å². The van der Waals surface area contributed by atoms with E-state index in [4.69, 9.17) is 0 Å². The molecule has 1 aliphatic rings. The van der Waals surface area contributed by atoms with E-state index in [1.165, 1.54) is 70.3 Å². The summed E-state index contributed by atoms with van der Waals surface area (Å²) in [6.07, 6.45) is 20.4. The number of nitrogens with one attached hydrogen (secondary N) is 2. The molecular weight excluding hydrogens is 546 g/mol. The van der Waals surface area contributed by atoms with E-state index in [1.807, 2.05) is 19.9 Å². The molecule has 0 unspecified atom stereocenters. The molecule has 0 aromatic heterocycles. The molecule has 0 saturated carbocycles. The molecule has 2 rings (SSSR count). The van der Waals surface area contributed by atoms with Crippen LogP contribution in [0.25, 0.3) is 0 Å². The third-order valence-electron chi connectivity index (χ3n) is 7.76. The average Bonchev–Trinajstić information content (AvgIpc) is 3.30. The van der Waals surface area contributed by atoms with Crippen molar-refractivity contribution >= 4 is 17.3 Å². The first-order valence-electron chi connectivity index (χ1n) is 16.4. The highest BCUT2D eigenvalue weighted by molar-refractivity contribution is 5.76. The number of nitro benzene ring substituents is 1. The monoisotopic (exact) mass is 601 g/mol. The summed E-state index contributed by atoms with van der Waals surface area (Å²) in [5.41, 5.74) is -0.0727. The Morgan fingerprint density at radius 2 is 1.56 bits per heavy atom. The van der Waals surface area contributed by atoms with Crippen molar-refractivity contribution in [3.05, 3.63) is 45.1 Å². The number of aliphatic hydroxyl groups excluding tert-OH is 2. The molecule has 0 saturated heterocycles. The Morgan fingerprint density at radius 3 is 2.19 bits per heavy atom. The summed E-state index contributed by atoms with van der Waals surface area (Å²) in [5, 5.41) is 38.3. The minimum absolute atomic E-state index is 0.0491. The SMILES string of the molecule is CCCCCCCCCCCCC/C=C/[C@@H](O)[C@H](CO)NC(=O)CCCCCNc1ccc([N+](=O)[O-])c2c1=NC(C)(C)N=2. The maximum atomic E-state index is 12.4. The summed E-state index contributed by atoms with van der Waals surface area (Å²) in [4.78, 5) is 32.2. The number of hydrogen-bond donors (Lipinski definition) is 4. The van der Waals surface area contributed by atoms with Gasteiger partial charge in [-0.3, -0.25) is 19.9 Å². The fourth-order valence-corrected chi connectivity index (χ4v) is 5.28. The van der Waals surface area contributed by atoms with Crippen LogP contribution in [0.4, 0.5) is 11.4 Å². The maximum Gasteiger partial charge on any atom is 0.296 e. The number of non-ortho nitro benzene ring substituents is 1. The number of aliphatic hydroxyl groups is 2. The van der Waals surface area contributed by atoms with Crippen LogP contribution in [0.3, 0.4) is 0 Å². The van der Waals surface area contributed by atoms with Crippen LogP contribution in [0.2, 0.25) is 0 Å². The van der Waals surface area contributed by atoms with Gasteiger partial charge >= 0.3 is 0 Å². The van der Waals surface area contributed by atoms with E-state index in [0.717, 1.165) is 25.7 Å². The average molecular weight is 602 g/mol. The Labute approximate surface area is 257 Å². The van der Waals surface area contributed by atoms with Crippen molar-refractivity contribution in [3.8, 4) is 0 Å². The van der Waals surface area contributed by atoms with E-state index in [1.54, 1.807) is 12.1 Å². The second-order valence-electron chi connectivity index (χ2n) is 12.1. The number of fused-ring (bicyclic) bond motifs is 1. The number of carbonyl (C=O) groups excluding carboxylic acids is 1. The summed E-state index contributed by atoms with van der Waals surface area (Å²) in [7, 11) is 0. The molecule has 0 radical (unpaired) electrons. The normalized spacial score (nSPS) is 15.0. The standard InChI is InChI=1S/C33H55N5O5/c1-4-5-6-7-8-9-10-11-12-13-14-15-17-20-29(40)27(25-39)35-30(41)21-18-16-19-24-34-26-22-23-28(38(42)43)32-31(26)36-33(2,3)37-32/h17,20,22-23,27,29,34,39-40H,4-16,18-19,21,24-25H2,1-3H3,(H,35,41)/b20-17+/t27-,29+/m0/s1. The quantitative estimate of drug-likeness (QED) is 0.0520. The minimum Gasteiger partial charge on any atom is -0.394 e. The number of nitrogens with zero attached hydrogens (tertiary/aromatic N) is 3. The molecule has 4 N–H and O–H groups in total. The van der Waals surface area contributed by atoms with Gasteiger partial charge in [-0.2, -0.15) is 0 Å². The number of rotatable bonds is 24. The molecule has 242 valence electrons. The second kappa shape index (κ2) is 20.2. The molecule has 0 spiro atoms. The second-order valence-corrected chi connectivity index (χ2v) is 12.1. The first-order valence-corrected chi connectivity index (χ1v) is 16.4. The Balaban J connectivity index is 1.58. The molecule has 1 aliphatic heterocycles.